The van der Waals surface area contributed by atoms with Gasteiger partial charge in [-0.25, -0.2) is 14.4 Å². The van der Waals surface area contributed by atoms with E-state index in [9.17, 15) is 4.39 Å². The van der Waals surface area contributed by atoms with E-state index in [-0.39, 0.29) is 18.0 Å². The van der Waals surface area contributed by atoms with E-state index in [0.717, 1.165) is 39.0 Å². The topological polar surface area (TPSA) is 41.5 Å². The summed E-state index contributed by atoms with van der Waals surface area (Å²) in [5, 5.41) is 0. The monoisotopic (exact) mass is 322 g/mol. The molecule has 0 saturated carbocycles. The molecule has 0 N–H and O–H groups in total. The first-order chi connectivity index (χ1) is 11.1. The number of rotatable bonds is 4. The summed E-state index contributed by atoms with van der Waals surface area (Å²) in [4.78, 5) is 12.9. The fourth-order valence-corrected chi connectivity index (χ4v) is 3.88. The first-order valence-corrected chi connectivity index (χ1v) is 8.72. The third-order valence-corrected chi connectivity index (χ3v) is 4.79. The maximum Gasteiger partial charge on any atom is 0.187 e. The molecule has 3 heterocycles. The minimum absolute atomic E-state index is 0.245. The number of hydrogen-bond donors (Lipinski definition) is 0. The van der Waals surface area contributed by atoms with Crippen molar-refractivity contribution < 1.29 is 9.13 Å². The SMILES string of the molecule is CCc1ncnc(N2CCC[C@H]2CN2C[C@@H](C)O[C@@H](C)C2)c1F. The Bertz CT molecular complexity index is 531. The normalized spacial score (nSPS) is 29.2. The van der Waals surface area contributed by atoms with Crippen LogP contribution in [0, 0.1) is 5.82 Å². The fraction of sp³-hybridized carbons (Fsp3) is 0.765. The number of halogens is 1. The lowest BCUT2D eigenvalue weighted by Gasteiger charge is -2.38. The number of ether oxygens (including phenoxy) is 1. The Morgan fingerprint density at radius 1 is 1.26 bits per heavy atom. The van der Waals surface area contributed by atoms with E-state index in [1.54, 1.807) is 0 Å². The maximum absolute atomic E-state index is 14.6. The van der Waals surface area contributed by atoms with Gasteiger partial charge < -0.3 is 9.64 Å². The number of aryl methyl sites for hydroxylation is 1. The summed E-state index contributed by atoms with van der Waals surface area (Å²) in [6.45, 7) is 9.87. The first kappa shape index (κ1) is 16.6. The Hall–Kier alpha value is -1.27. The average molecular weight is 322 g/mol. The van der Waals surface area contributed by atoms with E-state index in [1.807, 2.05) is 6.92 Å². The zero-order chi connectivity index (χ0) is 16.4. The van der Waals surface area contributed by atoms with Crippen molar-refractivity contribution in [3.8, 4) is 0 Å². The summed E-state index contributed by atoms with van der Waals surface area (Å²) in [6.07, 6.45) is 4.78. The number of aromatic nitrogens is 2. The molecular weight excluding hydrogens is 295 g/mol. The Morgan fingerprint density at radius 2 is 2.00 bits per heavy atom. The van der Waals surface area contributed by atoms with E-state index in [0.29, 0.717) is 24.0 Å². The van der Waals surface area contributed by atoms with Crippen LogP contribution >= 0.6 is 0 Å². The predicted octanol–water partition coefficient (Wildman–Crippen LogP) is 2.26. The van der Waals surface area contributed by atoms with Gasteiger partial charge in [-0.2, -0.15) is 0 Å². The first-order valence-electron chi connectivity index (χ1n) is 8.72. The number of hydrogen-bond acceptors (Lipinski definition) is 5. The van der Waals surface area contributed by atoms with Crippen molar-refractivity contribution in [3.63, 3.8) is 0 Å². The molecule has 2 fully saturated rings. The highest BCUT2D eigenvalue weighted by Crippen LogP contribution is 2.28. The second kappa shape index (κ2) is 7.09. The zero-order valence-electron chi connectivity index (χ0n) is 14.3. The smallest absolute Gasteiger partial charge is 0.187 e. The van der Waals surface area contributed by atoms with Gasteiger partial charge in [0.05, 0.1) is 17.9 Å². The molecule has 0 aromatic carbocycles. The molecule has 0 amide bonds. The number of nitrogens with zero attached hydrogens (tertiary/aromatic N) is 4. The Labute approximate surface area is 137 Å². The molecule has 0 bridgehead atoms. The zero-order valence-corrected chi connectivity index (χ0v) is 14.3. The van der Waals surface area contributed by atoms with Gasteiger partial charge in [0.1, 0.15) is 6.33 Å². The van der Waals surface area contributed by atoms with Crippen molar-refractivity contribution in [2.45, 2.75) is 58.3 Å². The molecule has 0 unspecified atom stereocenters. The Balaban J connectivity index is 1.73. The molecule has 0 radical (unpaired) electrons. The van der Waals surface area contributed by atoms with Gasteiger partial charge >= 0.3 is 0 Å². The fourth-order valence-electron chi connectivity index (χ4n) is 3.88. The predicted molar refractivity (Wildman–Crippen MR) is 88.2 cm³/mol. The molecule has 5 nitrogen and oxygen atoms in total. The van der Waals surface area contributed by atoms with E-state index < -0.39 is 0 Å². The van der Waals surface area contributed by atoms with Crippen LogP contribution in [0.1, 0.15) is 39.3 Å². The van der Waals surface area contributed by atoms with Gasteiger partial charge in [0.25, 0.3) is 0 Å². The Kier molecular flexibility index (Phi) is 5.11. The molecule has 1 aromatic heterocycles. The van der Waals surface area contributed by atoms with Crippen LogP contribution in [0.15, 0.2) is 6.33 Å². The number of anilines is 1. The molecule has 3 rings (SSSR count). The summed E-state index contributed by atoms with van der Waals surface area (Å²) >= 11 is 0. The quantitative estimate of drug-likeness (QED) is 0.850. The summed E-state index contributed by atoms with van der Waals surface area (Å²) in [5.74, 6) is 0.235. The van der Waals surface area contributed by atoms with E-state index in [2.05, 4.69) is 33.6 Å². The highest BCUT2D eigenvalue weighted by molar-refractivity contribution is 5.43. The van der Waals surface area contributed by atoms with Crippen molar-refractivity contribution in [1.82, 2.24) is 14.9 Å². The lowest BCUT2D eigenvalue weighted by atomic mass is 10.1. The van der Waals surface area contributed by atoms with Crippen molar-refractivity contribution >= 4 is 5.82 Å². The lowest BCUT2D eigenvalue weighted by molar-refractivity contribution is -0.0690. The van der Waals surface area contributed by atoms with Crippen LogP contribution in [0.5, 0.6) is 0 Å². The van der Waals surface area contributed by atoms with Crippen LogP contribution < -0.4 is 4.90 Å². The molecule has 6 heteroatoms. The third-order valence-electron chi connectivity index (χ3n) is 4.79. The minimum atomic E-state index is -0.245. The van der Waals surface area contributed by atoms with Crippen LogP contribution in [0.3, 0.4) is 0 Å². The summed E-state index contributed by atoms with van der Waals surface area (Å²) in [7, 11) is 0. The largest absolute Gasteiger partial charge is 0.373 e. The molecule has 2 saturated heterocycles. The van der Waals surface area contributed by atoms with Crippen LogP contribution in [0.2, 0.25) is 0 Å². The molecular formula is C17H27FN4O. The second-order valence-electron chi connectivity index (χ2n) is 6.78. The van der Waals surface area contributed by atoms with Gasteiger partial charge in [-0.05, 0) is 33.1 Å². The van der Waals surface area contributed by atoms with Crippen LogP contribution in [-0.2, 0) is 11.2 Å². The van der Waals surface area contributed by atoms with Crippen molar-refractivity contribution in [3.05, 3.63) is 17.8 Å². The highest BCUT2D eigenvalue weighted by atomic mass is 19.1. The Morgan fingerprint density at radius 3 is 2.70 bits per heavy atom. The number of morpholine rings is 1. The lowest BCUT2D eigenvalue weighted by Crippen LogP contribution is -2.50. The summed E-state index contributed by atoms with van der Waals surface area (Å²) < 4.78 is 20.4. The molecule has 0 spiro atoms. The van der Waals surface area contributed by atoms with Crippen LogP contribution in [0.4, 0.5) is 10.2 Å². The van der Waals surface area contributed by atoms with Crippen LogP contribution in [-0.4, -0.2) is 59.3 Å². The average Bonchev–Trinajstić information content (AvgIpc) is 2.94. The second-order valence-corrected chi connectivity index (χ2v) is 6.78. The molecule has 23 heavy (non-hydrogen) atoms. The maximum atomic E-state index is 14.6. The van der Waals surface area contributed by atoms with Gasteiger partial charge in [0.15, 0.2) is 11.6 Å². The molecule has 0 aliphatic carbocycles. The minimum Gasteiger partial charge on any atom is -0.373 e. The van der Waals surface area contributed by atoms with Crippen molar-refractivity contribution in [1.29, 1.82) is 0 Å². The molecule has 128 valence electrons. The summed E-state index contributed by atoms with van der Waals surface area (Å²) in [5.41, 5.74) is 0.509. The van der Waals surface area contributed by atoms with Gasteiger partial charge in [0.2, 0.25) is 0 Å². The standard InChI is InChI=1S/C17H27FN4O/c1-4-15-16(18)17(20-11-19-15)22-7-5-6-14(22)10-21-8-12(2)23-13(3)9-21/h11-14H,4-10H2,1-3H3/t12-,13+,14-/m0/s1. The van der Waals surface area contributed by atoms with Crippen molar-refractivity contribution in [2.75, 3.05) is 31.1 Å². The van der Waals surface area contributed by atoms with Crippen LogP contribution in [0.25, 0.3) is 0 Å². The van der Waals surface area contributed by atoms with Gasteiger partial charge in [0, 0.05) is 32.2 Å². The summed E-state index contributed by atoms with van der Waals surface area (Å²) in [6, 6.07) is 0.321. The van der Waals surface area contributed by atoms with Gasteiger partial charge in [-0.3, -0.25) is 4.90 Å². The van der Waals surface area contributed by atoms with E-state index in [4.69, 9.17) is 4.74 Å². The molecule has 2 aliphatic heterocycles. The molecule has 3 atom stereocenters. The van der Waals surface area contributed by atoms with E-state index in [1.165, 1.54) is 6.33 Å². The molecule has 2 aliphatic rings. The third kappa shape index (κ3) is 3.63. The van der Waals surface area contributed by atoms with E-state index >= 15 is 0 Å². The van der Waals surface area contributed by atoms with Gasteiger partial charge in [-0.15, -0.1) is 0 Å². The van der Waals surface area contributed by atoms with Gasteiger partial charge in [-0.1, -0.05) is 6.92 Å². The highest BCUT2D eigenvalue weighted by Gasteiger charge is 2.32. The molecule has 1 aromatic rings. The van der Waals surface area contributed by atoms with Crippen molar-refractivity contribution in [2.24, 2.45) is 0 Å².